The van der Waals surface area contributed by atoms with Gasteiger partial charge in [0.2, 0.25) is 5.88 Å². The third-order valence-corrected chi connectivity index (χ3v) is 2.89. The van der Waals surface area contributed by atoms with E-state index in [2.05, 4.69) is 4.98 Å². The van der Waals surface area contributed by atoms with Crippen molar-refractivity contribution in [3.8, 4) is 11.6 Å². The number of benzene rings is 1. The first-order valence-electron chi connectivity index (χ1n) is 5.07. The van der Waals surface area contributed by atoms with Crippen LogP contribution in [0.4, 0.5) is 4.39 Å². The van der Waals surface area contributed by atoms with Crippen LogP contribution in [-0.4, -0.2) is 4.98 Å². The van der Waals surface area contributed by atoms with Crippen LogP contribution in [0, 0.1) is 5.82 Å². The predicted molar refractivity (Wildman–Crippen MR) is 68.6 cm³/mol. The largest absolute Gasteiger partial charge is 0.439 e. The van der Waals surface area contributed by atoms with Crippen LogP contribution >= 0.6 is 23.2 Å². The van der Waals surface area contributed by atoms with E-state index >= 15 is 0 Å². The maximum absolute atomic E-state index is 13.2. The molecular weight excluding hydrogens is 278 g/mol. The van der Waals surface area contributed by atoms with E-state index in [1.54, 1.807) is 12.1 Å². The first-order valence-corrected chi connectivity index (χ1v) is 5.83. The summed E-state index contributed by atoms with van der Waals surface area (Å²) < 4.78 is 18.6. The smallest absolute Gasteiger partial charge is 0.219 e. The van der Waals surface area contributed by atoms with Crippen LogP contribution in [0.3, 0.4) is 0 Å². The molecule has 6 heteroatoms. The molecule has 0 atom stereocenters. The molecule has 0 bridgehead atoms. The van der Waals surface area contributed by atoms with E-state index in [0.717, 1.165) is 0 Å². The Kier molecular flexibility index (Phi) is 4.01. The van der Waals surface area contributed by atoms with E-state index in [-0.39, 0.29) is 11.6 Å². The van der Waals surface area contributed by atoms with Gasteiger partial charge in [-0.3, -0.25) is 0 Å². The number of hydrogen-bond acceptors (Lipinski definition) is 3. The van der Waals surface area contributed by atoms with Gasteiger partial charge in [-0.05, 0) is 17.7 Å². The summed E-state index contributed by atoms with van der Waals surface area (Å²) in [6, 6.07) is 5.74. The van der Waals surface area contributed by atoms with Crippen LogP contribution in [0.25, 0.3) is 0 Å². The topological polar surface area (TPSA) is 48.1 Å². The summed E-state index contributed by atoms with van der Waals surface area (Å²) >= 11 is 11.4. The van der Waals surface area contributed by atoms with E-state index in [4.69, 9.17) is 33.7 Å². The summed E-state index contributed by atoms with van der Waals surface area (Å²) in [6.07, 6.45) is 1.44. The van der Waals surface area contributed by atoms with Gasteiger partial charge in [0, 0.05) is 24.9 Å². The van der Waals surface area contributed by atoms with Crippen molar-refractivity contribution in [1.82, 2.24) is 4.98 Å². The molecule has 94 valence electrons. The van der Waals surface area contributed by atoms with Gasteiger partial charge >= 0.3 is 0 Å². The molecule has 0 aliphatic carbocycles. The molecule has 3 nitrogen and oxygen atoms in total. The van der Waals surface area contributed by atoms with Crippen LogP contribution < -0.4 is 10.5 Å². The van der Waals surface area contributed by atoms with E-state index < -0.39 is 5.82 Å². The number of ether oxygens (including phenoxy) is 1. The van der Waals surface area contributed by atoms with Crippen LogP contribution in [0.15, 0.2) is 30.5 Å². The van der Waals surface area contributed by atoms with Crippen molar-refractivity contribution in [2.45, 2.75) is 6.54 Å². The second-order valence-corrected chi connectivity index (χ2v) is 4.31. The van der Waals surface area contributed by atoms with E-state index in [0.29, 0.717) is 22.2 Å². The maximum Gasteiger partial charge on any atom is 0.219 e. The van der Waals surface area contributed by atoms with Gasteiger partial charge in [0.1, 0.15) is 11.6 Å². The van der Waals surface area contributed by atoms with Crippen molar-refractivity contribution < 1.29 is 9.13 Å². The monoisotopic (exact) mass is 286 g/mol. The third kappa shape index (κ3) is 2.90. The minimum absolute atomic E-state index is 0.0362. The van der Waals surface area contributed by atoms with Gasteiger partial charge in [0.05, 0.1) is 10.0 Å². The Morgan fingerprint density at radius 3 is 2.67 bits per heavy atom. The number of aromatic nitrogens is 1. The van der Waals surface area contributed by atoms with Crippen molar-refractivity contribution in [3.05, 3.63) is 51.9 Å². The highest BCUT2D eigenvalue weighted by Crippen LogP contribution is 2.26. The molecule has 1 heterocycles. The average Bonchev–Trinajstić information content (AvgIpc) is 2.36. The van der Waals surface area contributed by atoms with E-state index in [9.17, 15) is 4.39 Å². The molecular formula is C12H9Cl2FN2O. The predicted octanol–water partition coefficient (Wildman–Crippen LogP) is 3.78. The number of hydrogen-bond donors (Lipinski definition) is 1. The van der Waals surface area contributed by atoms with Crippen LogP contribution in [0.1, 0.15) is 5.56 Å². The molecule has 1 aromatic heterocycles. The zero-order chi connectivity index (χ0) is 13.1. The summed E-state index contributed by atoms with van der Waals surface area (Å²) in [5.74, 6) is 0.0402. The molecule has 0 fully saturated rings. The second kappa shape index (κ2) is 5.52. The number of halogens is 3. The first-order chi connectivity index (χ1) is 8.60. The van der Waals surface area contributed by atoms with Gasteiger partial charge < -0.3 is 10.5 Å². The number of pyridine rings is 1. The Morgan fingerprint density at radius 2 is 2.00 bits per heavy atom. The highest BCUT2D eigenvalue weighted by molar-refractivity contribution is 6.31. The Labute approximate surface area is 113 Å². The molecule has 0 amide bonds. The lowest BCUT2D eigenvalue weighted by molar-refractivity contribution is 0.457. The van der Waals surface area contributed by atoms with E-state index in [1.807, 2.05) is 0 Å². The lowest BCUT2D eigenvalue weighted by Gasteiger charge is -2.07. The molecule has 0 radical (unpaired) electrons. The quantitative estimate of drug-likeness (QED) is 0.934. The molecule has 18 heavy (non-hydrogen) atoms. The van der Waals surface area contributed by atoms with Crippen LogP contribution in [-0.2, 0) is 6.54 Å². The second-order valence-electron chi connectivity index (χ2n) is 3.50. The average molecular weight is 287 g/mol. The SMILES string of the molecule is NCc1cc(Oc2ccc(Cl)c(F)c2)ncc1Cl. The van der Waals surface area contributed by atoms with Gasteiger partial charge in [-0.25, -0.2) is 9.37 Å². The normalized spacial score (nSPS) is 10.4. The summed E-state index contributed by atoms with van der Waals surface area (Å²) in [4.78, 5) is 3.97. The third-order valence-electron chi connectivity index (χ3n) is 2.24. The Hall–Kier alpha value is -1.36. The lowest BCUT2D eigenvalue weighted by Crippen LogP contribution is -1.99. The molecule has 0 saturated carbocycles. The van der Waals surface area contributed by atoms with Crippen molar-refractivity contribution in [2.24, 2.45) is 5.73 Å². The summed E-state index contributed by atoms with van der Waals surface area (Å²) in [5, 5.41) is 0.501. The molecule has 2 aromatic rings. The van der Waals surface area contributed by atoms with Crippen LogP contribution in [0.5, 0.6) is 11.6 Å². The van der Waals surface area contributed by atoms with Gasteiger partial charge in [-0.15, -0.1) is 0 Å². The van der Waals surface area contributed by atoms with Gasteiger partial charge in [-0.1, -0.05) is 23.2 Å². The Balaban J connectivity index is 2.25. The molecule has 0 aliphatic rings. The molecule has 0 aliphatic heterocycles. The fourth-order valence-electron chi connectivity index (χ4n) is 1.33. The first kappa shape index (κ1) is 13.1. The summed E-state index contributed by atoms with van der Waals surface area (Å²) in [5.41, 5.74) is 6.22. The van der Waals surface area contributed by atoms with Crippen molar-refractivity contribution in [3.63, 3.8) is 0 Å². The number of nitrogens with zero attached hydrogens (tertiary/aromatic N) is 1. The van der Waals surface area contributed by atoms with Crippen molar-refractivity contribution in [2.75, 3.05) is 0 Å². The zero-order valence-electron chi connectivity index (χ0n) is 9.16. The van der Waals surface area contributed by atoms with Gasteiger partial charge in [0.15, 0.2) is 0 Å². The molecule has 0 saturated heterocycles. The standard InChI is InChI=1S/C12H9Cl2FN2O/c13-9-2-1-8(4-11(9)15)18-12-3-7(5-16)10(14)6-17-12/h1-4,6H,5,16H2. The highest BCUT2D eigenvalue weighted by atomic mass is 35.5. The highest BCUT2D eigenvalue weighted by Gasteiger charge is 2.06. The summed E-state index contributed by atoms with van der Waals surface area (Å²) in [6.45, 7) is 0.271. The number of rotatable bonds is 3. The van der Waals surface area contributed by atoms with Crippen molar-refractivity contribution >= 4 is 23.2 Å². The molecule has 0 spiro atoms. The van der Waals surface area contributed by atoms with Gasteiger partial charge in [-0.2, -0.15) is 0 Å². The molecule has 2 N–H and O–H groups in total. The number of nitrogens with two attached hydrogens (primary N) is 1. The molecule has 0 unspecified atom stereocenters. The fourth-order valence-corrected chi connectivity index (χ4v) is 1.63. The fraction of sp³-hybridized carbons (Fsp3) is 0.0833. The van der Waals surface area contributed by atoms with Gasteiger partial charge in [0.25, 0.3) is 0 Å². The Morgan fingerprint density at radius 1 is 1.22 bits per heavy atom. The molecule has 1 aromatic carbocycles. The molecule has 2 rings (SSSR count). The lowest BCUT2D eigenvalue weighted by atomic mass is 10.2. The minimum atomic E-state index is -0.554. The minimum Gasteiger partial charge on any atom is -0.439 e. The van der Waals surface area contributed by atoms with Crippen LogP contribution in [0.2, 0.25) is 10.0 Å². The Bertz CT molecular complexity index is 578. The van der Waals surface area contributed by atoms with Crippen molar-refractivity contribution in [1.29, 1.82) is 0 Å². The zero-order valence-corrected chi connectivity index (χ0v) is 10.7. The maximum atomic E-state index is 13.2. The summed E-state index contributed by atoms with van der Waals surface area (Å²) in [7, 11) is 0. The van der Waals surface area contributed by atoms with E-state index in [1.165, 1.54) is 18.3 Å².